The Labute approximate surface area is 229 Å². The van der Waals surface area contributed by atoms with E-state index < -0.39 is 43.2 Å². The van der Waals surface area contributed by atoms with Crippen molar-refractivity contribution < 1.29 is 29.6 Å². The van der Waals surface area contributed by atoms with Crippen molar-refractivity contribution in [3.63, 3.8) is 0 Å². The van der Waals surface area contributed by atoms with Crippen molar-refractivity contribution in [1.82, 2.24) is 15.3 Å². The summed E-state index contributed by atoms with van der Waals surface area (Å²) >= 11 is 6.04. The van der Waals surface area contributed by atoms with Gasteiger partial charge in [-0.25, -0.2) is 9.97 Å². The number of aliphatic hydroxyl groups excluding tert-OH is 3. The number of nitrogens with zero attached hydrogens (tertiary/aromatic N) is 2. The van der Waals surface area contributed by atoms with Crippen LogP contribution in [-0.4, -0.2) is 68.4 Å². The highest BCUT2D eigenvalue weighted by molar-refractivity contribution is 6.30. The van der Waals surface area contributed by atoms with Crippen LogP contribution in [-0.2, 0) is 9.53 Å². The Morgan fingerprint density at radius 1 is 1.00 bits per heavy atom. The van der Waals surface area contributed by atoms with Crippen LogP contribution in [0, 0.1) is 0 Å². The zero-order valence-corrected chi connectivity index (χ0v) is 21.6. The summed E-state index contributed by atoms with van der Waals surface area (Å²) in [4.78, 5) is 21.1. The molecule has 1 saturated heterocycles. The van der Waals surface area contributed by atoms with Crippen LogP contribution in [0.25, 0.3) is 22.3 Å². The van der Waals surface area contributed by atoms with Crippen LogP contribution in [0.3, 0.4) is 0 Å². The van der Waals surface area contributed by atoms with Crippen molar-refractivity contribution in [2.75, 3.05) is 11.9 Å². The van der Waals surface area contributed by atoms with Crippen molar-refractivity contribution in [3.8, 4) is 17.1 Å². The number of aliphatic hydroxyl groups is 3. The number of aromatic nitrogens is 2. The number of anilines is 2. The van der Waals surface area contributed by atoms with E-state index in [4.69, 9.17) is 31.0 Å². The number of para-hydroxylation sites is 1. The predicted molar refractivity (Wildman–Crippen MR) is 146 cm³/mol. The molecule has 0 aliphatic carbocycles. The minimum Gasteiger partial charge on any atom is -0.463 e. The number of amides is 1. The molecule has 10 nitrogen and oxygen atoms in total. The van der Waals surface area contributed by atoms with Crippen LogP contribution in [0.1, 0.15) is 6.92 Å². The van der Waals surface area contributed by atoms with E-state index in [1.54, 1.807) is 36.4 Å². The molecule has 1 aliphatic heterocycles. The Bertz CT molecular complexity index is 1450. The maximum atomic E-state index is 11.7. The summed E-state index contributed by atoms with van der Waals surface area (Å²) in [7, 11) is 0. The van der Waals surface area contributed by atoms with Gasteiger partial charge >= 0.3 is 0 Å². The van der Waals surface area contributed by atoms with Crippen LogP contribution >= 0.6 is 11.6 Å². The van der Waals surface area contributed by atoms with Crippen LogP contribution in [0.4, 0.5) is 11.5 Å². The second-order valence-corrected chi connectivity index (χ2v) is 9.56. The number of fused-ring (bicyclic) bond motifs is 1. The van der Waals surface area contributed by atoms with Gasteiger partial charge in [-0.05, 0) is 60.7 Å². The zero-order chi connectivity index (χ0) is 27.5. The van der Waals surface area contributed by atoms with Gasteiger partial charge in [-0.2, -0.15) is 0 Å². The molecule has 0 radical (unpaired) electrons. The standard InChI is InChI=1S/C28H27ClN4O6/c1-15(35)30-23-25(37)24(36)22(14-34)39-28(23)38-19-12-10-18(11-13-19)31-27-20-4-2-3-5-21(20)32-26(33-27)16-6-8-17(29)9-7-16/h2-13,22-25,28,34,36-37H,14H2,1H3,(H,30,35)(H,31,32,33)/t22-,23-,24+,25-,28-/m0/s1. The monoisotopic (exact) mass is 550 g/mol. The number of ether oxygens (including phenoxy) is 2. The molecule has 4 aromatic rings. The van der Waals surface area contributed by atoms with Crippen molar-refractivity contribution in [2.24, 2.45) is 0 Å². The minimum atomic E-state index is -1.40. The van der Waals surface area contributed by atoms with E-state index in [0.717, 1.165) is 22.2 Å². The highest BCUT2D eigenvalue weighted by Gasteiger charge is 2.46. The van der Waals surface area contributed by atoms with Gasteiger partial charge in [0.05, 0.1) is 12.1 Å². The summed E-state index contributed by atoms with van der Waals surface area (Å²) < 4.78 is 11.5. The van der Waals surface area contributed by atoms with Gasteiger partial charge in [-0.1, -0.05) is 23.7 Å². The van der Waals surface area contributed by atoms with Gasteiger partial charge in [0.25, 0.3) is 0 Å². The molecule has 0 spiro atoms. The van der Waals surface area contributed by atoms with Gasteiger partial charge in [0, 0.05) is 28.6 Å². The van der Waals surface area contributed by atoms with Crippen molar-refractivity contribution in [2.45, 2.75) is 37.6 Å². The first-order valence-electron chi connectivity index (χ1n) is 12.3. The highest BCUT2D eigenvalue weighted by atomic mass is 35.5. The first-order chi connectivity index (χ1) is 18.8. The largest absolute Gasteiger partial charge is 0.463 e. The van der Waals surface area contributed by atoms with Gasteiger partial charge in [0.15, 0.2) is 5.82 Å². The van der Waals surface area contributed by atoms with Crippen LogP contribution in [0.5, 0.6) is 5.75 Å². The average Bonchev–Trinajstić information content (AvgIpc) is 2.94. The number of nitrogens with one attached hydrogen (secondary N) is 2. The Kier molecular flexibility index (Phi) is 7.92. The molecule has 5 N–H and O–H groups in total. The number of rotatable bonds is 7. The van der Waals surface area contributed by atoms with Crippen LogP contribution in [0.15, 0.2) is 72.8 Å². The second-order valence-electron chi connectivity index (χ2n) is 9.12. The Balaban J connectivity index is 1.38. The van der Waals surface area contributed by atoms with Gasteiger partial charge in [0.1, 0.15) is 35.9 Å². The SMILES string of the molecule is CC(=O)N[C@@H]1[C@@H](Oc2ccc(Nc3nc(-c4ccc(Cl)cc4)nc4ccccc34)cc2)O[C@@H](CO)[C@@H](O)[C@H]1O. The van der Waals surface area contributed by atoms with E-state index in [-0.39, 0.29) is 0 Å². The van der Waals surface area contributed by atoms with Gasteiger partial charge in [0.2, 0.25) is 12.2 Å². The number of carbonyl (C=O) groups is 1. The maximum absolute atomic E-state index is 11.7. The molecular formula is C28H27ClN4O6. The molecule has 2 heterocycles. The van der Waals surface area contributed by atoms with E-state index in [0.29, 0.717) is 22.4 Å². The third-order valence-corrected chi connectivity index (χ3v) is 6.58. The molecule has 0 bridgehead atoms. The lowest BCUT2D eigenvalue weighted by atomic mass is 9.97. The second kappa shape index (κ2) is 11.5. The summed E-state index contributed by atoms with van der Waals surface area (Å²) in [5.41, 5.74) is 2.32. The summed E-state index contributed by atoms with van der Waals surface area (Å²) in [5.74, 6) is 1.12. The highest BCUT2D eigenvalue weighted by Crippen LogP contribution is 2.30. The predicted octanol–water partition coefficient (Wildman–Crippen LogP) is 3.02. The Morgan fingerprint density at radius 3 is 2.41 bits per heavy atom. The molecule has 1 aromatic heterocycles. The fourth-order valence-corrected chi connectivity index (χ4v) is 4.48. The molecule has 202 valence electrons. The molecular weight excluding hydrogens is 524 g/mol. The molecule has 0 saturated carbocycles. The van der Waals surface area contributed by atoms with Gasteiger partial charge in [-0.3, -0.25) is 4.79 Å². The third kappa shape index (κ3) is 5.95. The molecule has 1 fully saturated rings. The lowest BCUT2D eigenvalue weighted by molar-refractivity contribution is -0.244. The van der Waals surface area contributed by atoms with Crippen LogP contribution < -0.4 is 15.4 Å². The number of hydrogen-bond donors (Lipinski definition) is 5. The molecule has 11 heteroatoms. The summed E-state index contributed by atoms with van der Waals surface area (Å²) in [6.45, 7) is 0.753. The molecule has 5 rings (SSSR count). The normalized spacial score (nSPS) is 22.8. The van der Waals surface area contributed by atoms with E-state index in [2.05, 4.69) is 10.6 Å². The lowest BCUT2D eigenvalue weighted by Crippen LogP contribution is -2.65. The van der Waals surface area contributed by atoms with Crippen LogP contribution in [0.2, 0.25) is 5.02 Å². The number of benzene rings is 3. The summed E-state index contributed by atoms with van der Waals surface area (Å²) in [6, 6.07) is 20.9. The molecule has 1 amide bonds. The van der Waals surface area contributed by atoms with Gasteiger partial charge in [-0.15, -0.1) is 0 Å². The number of carbonyl (C=O) groups excluding carboxylic acids is 1. The summed E-state index contributed by atoms with van der Waals surface area (Å²) in [5, 5.41) is 37.5. The van der Waals surface area contributed by atoms with Crippen molar-refractivity contribution >= 4 is 39.9 Å². The molecule has 39 heavy (non-hydrogen) atoms. The fourth-order valence-electron chi connectivity index (χ4n) is 4.36. The zero-order valence-electron chi connectivity index (χ0n) is 20.9. The van der Waals surface area contributed by atoms with E-state index in [1.807, 2.05) is 36.4 Å². The molecule has 1 aliphatic rings. The molecule has 3 aromatic carbocycles. The van der Waals surface area contributed by atoms with Crippen molar-refractivity contribution in [3.05, 3.63) is 77.8 Å². The quantitative estimate of drug-likeness (QED) is 0.234. The fraction of sp³-hybridized carbons (Fsp3) is 0.250. The van der Waals surface area contributed by atoms with E-state index in [1.165, 1.54) is 6.92 Å². The first kappa shape index (κ1) is 26.8. The Morgan fingerprint density at radius 2 is 1.72 bits per heavy atom. The molecule has 0 unspecified atom stereocenters. The minimum absolute atomic E-state index is 0.385. The smallest absolute Gasteiger partial charge is 0.223 e. The van der Waals surface area contributed by atoms with Crippen molar-refractivity contribution in [1.29, 1.82) is 0 Å². The van der Waals surface area contributed by atoms with E-state index >= 15 is 0 Å². The average molecular weight is 551 g/mol. The molecule has 5 atom stereocenters. The third-order valence-electron chi connectivity index (χ3n) is 6.33. The lowest BCUT2D eigenvalue weighted by Gasteiger charge is -2.42. The van der Waals surface area contributed by atoms with E-state index in [9.17, 15) is 20.1 Å². The number of halogens is 1. The first-order valence-corrected chi connectivity index (χ1v) is 12.7. The topological polar surface area (TPSA) is 146 Å². The Hall–Kier alpha value is -3.80. The van der Waals surface area contributed by atoms with Gasteiger partial charge < -0.3 is 35.4 Å². The maximum Gasteiger partial charge on any atom is 0.223 e. The summed E-state index contributed by atoms with van der Waals surface area (Å²) in [6.07, 6.45) is -5.00. The number of hydrogen-bond acceptors (Lipinski definition) is 9.